The van der Waals surface area contributed by atoms with Gasteiger partial charge in [0, 0.05) is 12.0 Å². The maximum absolute atomic E-state index is 9.88. The first-order valence-corrected chi connectivity index (χ1v) is 6.25. The van der Waals surface area contributed by atoms with Gasteiger partial charge in [0.15, 0.2) is 0 Å². The fourth-order valence-electron chi connectivity index (χ4n) is 2.16. The largest absolute Gasteiger partial charge is 0.506 e. The van der Waals surface area contributed by atoms with E-state index in [9.17, 15) is 5.11 Å². The number of hydrogen-bond acceptors (Lipinski definition) is 2. The van der Waals surface area contributed by atoms with E-state index >= 15 is 0 Å². The highest BCUT2D eigenvalue weighted by Crippen LogP contribution is 2.42. The molecule has 1 aliphatic rings. The average molecular weight is 278 g/mol. The van der Waals surface area contributed by atoms with Crippen LogP contribution in [0, 0.1) is 0 Å². The summed E-state index contributed by atoms with van der Waals surface area (Å²) in [5.41, 5.74) is 3.41. The third-order valence-electron chi connectivity index (χ3n) is 3.01. The van der Waals surface area contributed by atoms with Gasteiger partial charge < -0.3 is 5.11 Å². The van der Waals surface area contributed by atoms with E-state index in [0.29, 0.717) is 22.3 Å². The van der Waals surface area contributed by atoms with Gasteiger partial charge in [-0.3, -0.25) is 0 Å². The Bertz CT molecular complexity index is 665. The van der Waals surface area contributed by atoms with Crippen molar-refractivity contribution >= 4 is 33.8 Å². The Balaban J connectivity index is 2.16. The highest BCUT2D eigenvalue weighted by Gasteiger charge is 2.23. The predicted molar refractivity (Wildman–Crippen MR) is 73.7 cm³/mol. The van der Waals surface area contributed by atoms with Crippen LogP contribution in [0.15, 0.2) is 36.4 Å². The molecule has 0 atom stereocenters. The van der Waals surface area contributed by atoms with Gasteiger partial charge in [-0.05, 0) is 23.3 Å². The number of nitrogens with zero attached hydrogens (tertiary/aromatic N) is 1. The minimum Gasteiger partial charge on any atom is -0.506 e. The molecule has 4 heteroatoms. The van der Waals surface area contributed by atoms with Gasteiger partial charge in [0.2, 0.25) is 0 Å². The quantitative estimate of drug-likeness (QED) is 0.796. The SMILES string of the molecule is Oc1ccc(Cl)nc1C1=C(Cl)c2ccccc2C1. The van der Waals surface area contributed by atoms with Gasteiger partial charge in [0.05, 0.1) is 5.03 Å². The lowest BCUT2D eigenvalue weighted by Crippen LogP contribution is -1.91. The molecule has 0 amide bonds. The normalized spacial score (nSPS) is 13.9. The molecule has 1 heterocycles. The second-order valence-electron chi connectivity index (χ2n) is 4.13. The maximum atomic E-state index is 9.88. The van der Waals surface area contributed by atoms with Crippen LogP contribution < -0.4 is 0 Å². The van der Waals surface area contributed by atoms with Gasteiger partial charge in [-0.2, -0.15) is 0 Å². The van der Waals surface area contributed by atoms with E-state index in [-0.39, 0.29) is 5.75 Å². The Labute approximate surface area is 115 Å². The van der Waals surface area contributed by atoms with Crippen molar-refractivity contribution in [3.63, 3.8) is 0 Å². The molecule has 1 aromatic heterocycles. The van der Waals surface area contributed by atoms with Crippen molar-refractivity contribution in [3.05, 3.63) is 58.4 Å². The van der Waals surface area contributed by atoms with E-state index in [0.717, 1.165) is 16.7 Å². The van der Waals surface area contributed by atoms with Crippen LogP contribution in [0.3, 0.4) is 0 Å². The Morgan fingerprint density at radius 3 is 2.61 bits per heavy atom. The molecule has 0 aliphatic heterocycles. The summed E-state index contributed by atoms with van der Waals surface area (Å²) in [7, 11) is 0. The predicted octanol–water partition coefficient (Wildman–Crippen LogP) is 4.10. The standard InChI is InChI=1S/C14H9Cl2NO/c15-12-6-5-11(18)14(17-12)10-7-8-3-1-2-4-9(8)13(10)16/h1-6,18H,7H2. The summed E-state index contributed by atoms with van der Waals surface area (Å²) in [5, 5.41) is 10.9. The number of benzene rings is 1. The maximum Gasteiger partial charge on any atom is 0.141 e. The summed E-state index contributed by atoms with van der Waals surface area (Å²) in [6.07, 6.45) is 0.663. The number of hydrogen-bond donors (Lipinski definition) is 1. The van der Waals surface area contributed by atoms with Gasteiger partial charge in [0.1, 0.15) is 16.6 Å². The van der Waals surface area contributed by atoms with Crippen LogP contribution in [0.2, 0.25) is 5.15 Å². The van der Waals surface area contributed by atoms with Crippen molar-refractivity contribution in [1.82, 2.24) is 4.98 Å². The van der Waals surface area contributed by atoms with E-state index in [4.69, 9.17) is 23.2 Å². The zero-order valence-electron chi connectivity index (χ0n) is 9.32. The number of fused-ring (bicyclic) bond motifs is 1. The highest BCUT2D eigenvalue weighted by atomic mass is 35.5. The van der Waals surface area contributed by atoms with Crippen molar-refractivity contribution in [1.29, 1.82) is 0 Å². The first kappa shape index (κ1) is 11.6. The fraction of sp³-hybridized carbons (Fsp3) is 0.0714. The molecule has 0 radical (unpaired) electrons. The molecule has 0 bridgehead atoms. The van der Waals surface area contributed by atoms with Crippen LogP contribution in [0.25, 0.3) is 10.6 Å². The molecule has 0 saturated carbocycles. The number of pyridine rings is 1. The number of halogens is 2. The van der Waals surface area contributed by atoms with Crippen LogP contribution in [0.4, 0.5) is 0 Å². The molecule has 0 spiro atoms. The molecular weight excluding hydrogens is 269 g/mol. The summed E-state index contributed by atoms with van der Waals surface area (Å²) in [5.74, 6) is 0.0976. The Hall–Kier alpha value is -1.51. The molecule has 1 N–H and O–H groups in total. The highest BCUT2D eigenvalue weighted by molar-refractivity contribution is 6.53. The van der Waals surface area contributed by atoms with Gasteiger partial charge in [-0.25, -0.2) is 4.98 Å². The number of rotatable bonds is 1. The summed E-state index contributed by atoms with van der Waals surface area (Å²) in [6.45, 7) is 0. The third kappa shape index (κ3) is 1.78. The molecule has 1 aliphatic carbocycles. The molecule has 0 fully saturated rings. The van der Waals surface area contributed by atoms with Crippen molar-refractivity contribution < 1.29 is 5.11 Å². The second-order valence-corrected chi connectivity index (χ2v) is 4.89. The Morgan fingerprint density at radius 1 is 1.06 bits per heavy atom. The Morgan fingerprint density at radius 2 is 1.83 bits per heavy atom. The van der Waals surface area contributed by atoms with E-state index < -0.39 is 0 Å². The van der Waals surface area contributed by atoms with Gasteiger partial charge in [0.25, 0.3) is 0 Å². The van der Waals surface area contributed by atoms with Crippen molar-refractivity contribution in [2.24, 2.45) is 0 Å². The van der Waals surface area contributed by atoms with Gasteiger partial charge >= 0.3 is 0 Å². The minimum absolute atomic E-state index is 0.0976. The summed E-state index contributed by atoms with van der Waals surface area (Å²) in [6, 6.07) is 11.0. The lowest BCUT2D eigenvalue weighted by atomic mass is 10.1. The van der Waals surface area contributed by atoms with Crippen LogP contribution in [0.1, 0.15) is 16.8 Å². The molecule has 18 heavy (non-hydrogen) atoms. The smallest absolute Gasteiger partial charge is 0.141 e. The lowest BCUT2D eigenvalue weighted by Gasteiger charge is -2.05. The second kappa shape index (κ2) is 4.30. The first-order valence-electron chi connectivity index (χ1n) is 5.49. The van der Waals surface area contributed by atoms with E-state index in [2.05, 4.69) is 4.98 Å². The molecule has 2 aromatic rings. The van der Waals surface area contributed by atoms with Crippen molar-refractivity contribution in [3.8, 4) is 5.75 Å². The molecule has 0 unspecified atom stereocenters. The molecular formula is C14H9Cl2NO. The van der Waals surface area contributed by atoms with Crippen molar-refractivity contribution in [2.45, 2.75) is 6.42 Å². The fourth-order valence-corrected chi connectivity index (χ4v) is 2.65. The molecule has 2 nitrogen and oxygen atoms in total. The Kier molecular flexibility index (Phi) is 2.77. The van der Waals surface area contributed by atoms with Gasteiger partial charge in [-0.1, -0.05) is 47.5 Å². The first-order chi connectivity index (χ1) is 8.66. The average Bonchev–Trinajstić information content (AvgIpc) is 2.71. The molecule has 90 valence electrons. The van der Waals surface area contributed by atoms with Crippen molar-refractivity contribution in [2.75, 3.05) is 0 Å². The molecule has 1 aromatic carbocycles. The van der Waals surface area contributed by atoms with Gasteiger partial charge in [-0.15, -0.1) is 0 Å². The van der Waals surface area contributed by atoms with Crippen LogP contribution >= 0.6 is 23.2 Å². The lowest BCUT2D eigenvalue weighted by molar-refractivity contribution is 0.470. The van der Waals surface area contributed by atoms with Crippen LogP contribution in [-0.4, -0.2) is 10.1 Å². The number of aromatic hydroxyl groups is 1. The summed E-state index contributed by atoms with van der Waals surface area (Å²) in [4.78, 5) is 4.16. The monoisotopic (exact) mass is 277 g/mol. The zero-order valence-corrected chi connectivity index (χ0v) is 10.8. The number of aromatic nitrogens is 1. The van der Waals surface area contributed by atoms with E-state index in [1.807, 2.05) is 24.3 Å². The third-order valence-corrected chi connectivity index (χ3v) is 3.65. The topological polar surface area (TPSA) is 33.1 Å². The zero-order chi connectivity index (χ0) is 12.7. The molecule has 0 saturated heterocycles. The van der Waals surface area contributed by atoms with Crippen LogP contribution in [-0.2, 0) is 6.42 Å². The van der Waals surface area contributed by atoms with E-state index in [1.165, 1.54) is 6.07 Å². The number of allylic oxidation sites excluding steroid dienone is 1. The minimum atomic E-state index is 0.0976. The van der Waals surface area contributed by atoms with E-state index in [1.54, 1.807) is 6.07 Å². The summed E-state index contributed by atoms with van der Waals surface area (Å²) < 4.78 is 0. The van der Waals surface area contributed by atoms with Crippen LogP contribution in [0.5, 0.6) is 5.75 Å². The molecule has 3 rings (SSSR count). The summed E-state index contributed by atoms with van der Waals surface area (Å²) >= 11 is 12.2.